The van der Waals surface area contributed by atoms with E-state index in [1.807, 2.05) is 0 Å². The highest BCUT2D eigenvalue weighted by Crippen LogP contribution is 2.18. The molecule has 0 bridgehead atoms. The SMILES string of the molecule is CC(C)CCCCCOC(=O)CCCCCCCCCCCCCC(C)CCC(=O)OCCCCCC(C)C. The van der Waals surface area contributed by atoms with Gasteiger partial charge in [-0.25, -0.2) is 0 Å². The quantitative estimate of drug-likeness (QED) is 0.0684. The van der Waals surface area contributed by atoms with Crippen molar-refractivity contribution >= 4 is 11.9 Å². The van der Waals surface area contributed by atoms with Crippen LogP contribution in [0.1, 0.15) is 182 Å². The van der Waals surface area contributed by atoms with E-state index in [0.29, 0.717) is 32.0 Å². The smallest absolute Gasteiger partial charge is 0.305 e. The zero-order valence-electron chi connectivity index (χ0n) is 27.0. The fourth-order valence-corrected chi connectivity index (χ4v) is 5.04. The number of carbonyl (C=O) groups excluding carboxylic acids is 2. The molecule has 39 heavy (non-hydrogen) atoms. The molecule has 0 saturated carbocycles. The first-order valence-electron chi connectivity index (χ1n) is 17.1. The Bertz CT molecular complexity index is 543. The molecule has 4 heteroatoms. The van der Waals surface area contributed by atoms with Crippen molar-refractivity contribution in [3.05, 3.63) is 0 Å². The number of esters is 2. The first-order valence-corrected chi connectivity index (χ1v) is 17.1. The molecule has 0 N–H and O–H groups in total. The van der Waals surface area contributed by atoms with Crippen molar-refractivity contribution in [2.24, 2.45) is 17.8 Å². The van der Waals surface area contributed by atoms with Gasteiger partial charge in [0.2, 0.25) is 0 Å². The molecule has 232 valence electrons. The molecule has 0 aliphatic heterocycles. The van der Waals surface area contributed by atoms with Crippen molar-refractivity contribution in [3.8, 4) is 0 Å². The van der Waals surface area contributed by atoms with Gasteiger partial charge in [-0.05, 0) is 43.4 Å². The first-order chi connectivity index (χ1) is 18.8. The highest BCUT2D eigenvalue weighted by atomic mass is 16.5. The van der Waals surface area contributed by atoms with E-state index >= 15 is 0 Å². The molecular formula is C35H68O4. The number of rotatable bonds is 29. The standard InChI is InChI=1S/C35H68O4/c1-31(2)23-17-15-21-29-38-34(36)26-20-14-12-10-8-6-7-9-11-13-19-25-33(5)27-28-35(37)39-30-22-16-18-24-32(3)4/h31-33H,6-30H2,1-5H3. The van der Waals surface area contributed by atoms with Gasteiger partial charge < -0.3 is 9.47 Å². The van der Waals surface area contributed by atoms with Gasteiger partial charge in [-0.15, -0.1) is 0 Å². The summed E-state index contributed by atoms with van der Waals surface area (Å²) in [7, 11) is 0. The maximum Gasteiger partial charge on any atom is 0.305 e. The van der Waals surface area contributed by atoms with Gasteiger partial charge in [0.1, 0.15) is 0 Å². The largest absolute Gasteiger partial charge is 0.466 e. The normalized spacial score (nSPS) is 12.3. The molecule has 0 amide bonds. The maximum atomic E-state index is 11.9. The summed E-state index contributed by atoms with van der Waals surface area (Å²) in [4.78, 5) is 23.7. The summed E-state index contributed by atoms with van der Waals surface area (Å²) < 4.78 is 10.7. The molecule has 4 nitrogen and oxygen atoms in total. The second-order valence-electron chi connectivity index (χ2n) is 13.0. The van der Waals surface area contributed by atoms with E-state index in [9.17, 15) is 9.59 Å². The highest BCUT2D eigenvalue weighted by Gasteiger charge is 2.08. The molecule has 0 aromatic carbocycles. The Morgan fingerprint density at radius 2 is 0.769 bits per heavy atom. The van der Waals surface area contributed by atoms with E-state index in [1.165, 1.54) is 103 Å². The lowest BCUT2D eigenvalue weighted by molar-refractivity contribution is -0.144. The molecule has 0 aliphatic carbocycles. The summed E-state index contributed by atoms with van der Waals surface area (Å²) in [6.07, 6.45) is 26.7. The third-order valence-electron chi connectivity index (χ3n) is 7.80. The Morgan fingerprint density at radius 1 is 0.410 bits per heavy atom. The second-order valence-corrected chi connectivity index (χ2v) is 13.0. The second kappa shape index (κ2) is 28.5. The van der Waals surface area contributed by atoms with Gasteiger partial charge in [0.05, 0.1) is 13.2 Å². The lowest BCUT2D eigenvalue weighted by atomic mass is 9.97. The predicted molar refractivity (Wildman–Crippen MR) is 167 cm³/mol. The van der Waals surface area contributed by atoms with Crippen LogP contribution >= 0.6 is 0 Å². The molecule has 0 aromatic heterocycles. The zero-order chi connectivity index (χ0) is 29.0. The summed E-state index contributed by atoms with van der Waals surface area (Å²) in [5.74, 6) is 2.14. The van der Waals surface area contributed by atoms with Crippen LogP contribution in [0.3, 0.4) is 0 Å². The number of unbranched alkanes of at least 4 members (excludes halogenated alkanes) is 14. The lowest BCUT2D eigenvalue weighted by Crippen LogP contribution is -2.08. The van der Waals surface area contributed by atoms with Crippen molar-refractivity contribution in [1.82, 2.24) is 0 Å². The van der Waals surface area contributed by atoms with Crippen LogP contribution in [-0.2, 0) is 19.1 Å². The summed E-state index contributed by atoms with van der Waals surface area (Å²) in [6.45, 7) is 12.5. The van der Waals surface area contributed by atoms with Gasteiger partial charge in [0.25, 0.3) is 0 Å². The van der Waals surface area contributed by atoms with Crippen LogP contribution < -0.4 is 0 Å². The van der Waals surface area contributed by atoms with Crippen LogP contribution in [0.5, 0.6) is 0 Å². The van der Waals surface area contributed by atoms with Crippen LogP contribution in [-0.4, -0.2) is 25.2 Å². The van der Waals surface area contributed by atoms with Crippen molar-refractivity contribution in [3.63, 3.8) is 0 Å². The van der Waals surface area contributed by atoms with Gasteiger partial charge >= 0.3 is 11.9 Å². The van der Waals surface area contributed by atoms with Crippen molar-refractivity contribution < 1.29 is 19.1 Å². The topological polar surface area (TPSA) is 52.6 Å². The summed E-state index contributed by atoms with van der Waals surface area (Å²) in [5.41, 5.74) is 0. The minimum atomic E-state index is -0.00790. The first kappa shape index (κ1) is 37.9. The Labute approximate surface area is 244 Å². The van der Waals surface area contributed by atoms with Crippen molar-refractivity contribution in [1.29, 1.82) is 0 Å². The van der Waals surface area contributed by atoms with E-state index in [2.05, 4.69) is 34.6 Å². The van der Waals surface area contributed by atoms with Crippen molar-refractivity contribution in [2.45, 2.75) is 182 Å². The molecule has 0 aliphatic rings. The van der Waals surface area contributed by atoms with Gasteiger partial charge in [-0.2, -0.15) is 0 Å². The van der Waals surface area contributed by atoms with E-state index in [1.54, 1.807) is 0 Å². The number of carbonyl (C=O) groups is 2. The van der Waals surface area contributed by atoms with Gasteiger partial charge in [0, 0.05) is 12.8 Å². The van der Waals surface area contributed by atoms with Crippen LogP contribution in [0.25, 0.3) is 0 Å². The zero-order valence-corrected chi connectivity index (χ0v) is 27.0. The highest BCUT2D eigenvalue weighted by molar-refractivity contribution is 5.69. The molecule has 0 radical (unpaired) electrons. The molecule has 1 unspecified atom stereocenters. The van der Waals surface area contributed by atoms with Crippen LogP contribution in [0.2, 0.25) is 0 Å². The van der Waals surface area contributed by atoms with E-state index in [0.717, 1.165) is 43.9 Å². The molecule has 0 heterocycles. The molecular weight excluding hydrogens is 484 g/mol. The number of ether oxygens (including phenoxy) is 2. The molecule has 1 atom stereocenters. The molecule has 0 saturated heterocycles. The minimum absolute atomic E-state index is 0.00554. The average molecular weight is 553 g/mol. The van der Waals surface area contributed by atoms with Crippen LogP contribution in [0.4, 0.5) is 0 Å². The molecule has 0 spiro atoms. The average Bonchev–Trinajstić information content (AvgIpc) is 2.89. The molecule has 0 fully saturated rings. The fraction of sp³-hybridized carbons (Fsp3) is 0.943. The third kappa shape index (κ3) is 31.3. The number of hydrogen-bond donors (Lipinski definition) is 0. The predicted octanol–water partition coefficient (Wildman–Crippen LogP) is 11.0. The molecule has 0 aromatic rings. The van der Waals surface area contributed by atoms with Crippen LogP contribution in [0, 0.1) is 17.8 Å². The summed E-state index contributed by atoms with van der Waals surface area (Å²) in [5, 5.41) is 0. The summed E-state index contributed by atoms with van der Waals surface area (Å²) >= 11 is 0. The van der Waals surface area contributed by atoms with Gasteiger partial charge in [-0.3, -0.25) is 9.59 Å². The Kier molecular flexibility index (Phi) is 27.7. The van der Waals surface area contributed by atoms with Crippen LogP contribution in [0.15, 0.2) is 0 Å². The van der Waals surface area contributed by atoms with E-state index in [4.69, 9.17) is 9.47 Å². The van der Waals surface area contributed by atoms with Gasteiger partial charge in [0.15, 0.2) is 0 Å². The van der Waals surface area contributed by atoms with Crippen molar-refractivity contribution in [2.75, 3.05) is 13.2 Å². The number of hydrogen-bond acceptors (Lipinski definition) is 4. The van der Waals surface area contributed by atoms with Gasteiger partial charge in [-0.1, -0.05) is 144 Å². The van der Waals surface area contributed by atoms with E-state index < -0.39 is 0 Å². The summed E-state index contributed by atoms with van der Waals surface area (Å²) in [6, 6.07) is 0. The Balaban J connectivity index is 3.32. The fourth-order valence-electron chi connectivity index (χ4n) is 5.04. The Morgan fingerprint density at radius 3 is 1.23 bits per heavy atom. The van der Waals surface area contributed by atoms with E-state index in [-0.39, 0.29) is 11.9 Å². The molecule has 0 rings (SSSR count). The third-order valence-corrected chi connectivity index (χ3v) is 7.80. The minimum Gasteiger partial charge on any atom is -0.466 e. The maximum absolute atomic E-state index is 11.9. The monoisotopic (exact) mass is 553 g/mol. The lowest BCUT2D eigenvalue weighted by Gasteiger charge is -2.11. The Hall–Kier alpha value is -1.06.